The molecule has 0 aliphatic rings. The zero-order valence-corrected chi connectivity index (χ0v) is 8.26. The number of carbonyl (C=O) groups is 1. The van der Waals surface area contributed by atoms with E-state index in [1.54, 1.807) is 13.0 Å². The predicted octanol–water partition coefficient (Wildman–Crippen LogP) is 0.546. The van der Waals surface area contributed by atoms with Crippen LogP contribution in [0.2, 0.25) is 0 Å². The van der Waals surface area contributed by atoms with Crippen molar-refractivity contribution in [3.05, 3.63) is 23.8 Å². The molecule has 2 nitrogen and oxygen atoms in total. The Labute approximate surface area is 79.3 Å². The van der Waals surface area contributed by atoms with E-state index in [4.69, 9.17) is 4.74 Å². The monoisotopic (exact) mass is 176 g/mol. The minimum Gasteiger partial charge on any atom is -0.494 e. The molecular formula is C10H13BO2. The van der Waals surface area contributed by atoms with Gasteiger partial charge in [-0.15, -0.1) is 0 Å². The van der Waals surface area contributed by atoms with Crippen molar-refractivity contribution in [1.29, 1.82) is 0 Å². The molecule has 0 bridgehead atoms. The fraction of sp³-hybridized carbons (Fsp3) is 0.300. The summed E-state index contributed by atoms with van der Waals surface area (Å²) in [7, 11) is 1.92. The number of hydrogen-bond acceptors (Lipinski definition) is 2. The molecule has 0 spiro atoms. The molecule has 1 rings (SSSR count). The van der Waals surface area contributed by atoms with Gasteiger partial charge in [-0.2, -0.15) is 0 Å². The summed E-state index contributed by atoms with van der Waals surface area (Å²) >= 11 is 0. The maximum Gasteiger partial charge on any atom is 0.159 e. The fourth-order valence-corrected chi connectivity index (χ4v) is 1.24. The minimum atomic E-state index is 0.0825. The summed E-state index contributed by atoms with van der Waals surface area (Å²) < 4.78 is 5.30. The van der Waals surface area contributed by atoms with Gasteiger partial charge in [-0.05, 0) is 26.0 Å². The summed E-state index contributed by atoms with van der Waals surface area (Å²) in [6.45, 7) is 4.12. The minimum absolute atomic E-state index is 0.0825. The second kappa shape index (κ2) is 4.12. The van der Waals surface area contributed by atoms with Crippen LogP contribution in [0.25, 0.3) is 0 Å². The summed E-state index contributed by atoms with van der Waals surface area (Å²) in [5.74, 6) is 0.845. The Hall–Kier alpha value is -1.25. The van der Waals surface area contributed by atoms with Gasteiger partial charge in [-0.1, -0.05) is 11.5 Å². The molecule has 0 unspecified atom stereocenters. The highest BCUT2D eigenvalue weighted by Crippen LogP contribution is 2.11. The maximum atomic E-state index is 11.2. The number of hydrogen-bond donors (Lipinski definition) is 0. The molecule has 0 fully saturated rings. The molecule has 0 aliphatic heterocycles. The summed E-state index contributed by atoms with van der Waals surface area (Å²) in [4.78, 5) is 11.2. The van der Waals surface area contributed by atoms with Gasteiger partial charge in [0.25, 0.3) is 0 Å². The summed E-state index contributed by atoms with van der Waals surface area (Å²) in [5.41, 5.74) is 1.74. The Morgan fingerprint density at radius 2 is 2.23 bits per heavy atom. The third-order valence-electron chi connectivity index (χ3n) is 1.90. The highest BCUT2D eigenvalue weighted by atomic mass is 16.5. The quantitative estimate of drug-likeness (QED) is 0.496. The number of Topliss-reactive ketones (excluding diaryl/α,β-unsaturated/α-hetero) is 1. The zero-order chi connectivity index (χ0) is 9.84. The lowest BCUT2D eigenvalue weighted by atomic mass is 9.89. The van der Waals surface area contributed by atoms with Crippen LogP contribution >= 0.6 is 0 Å². The molecule has 68 valence electrons. The second-order valence-corrected chi connectivity index (χ2v) is 2.97. The van der Waals surface area contributed by atoms with E-state index < -0.39 is 0 Å². The zero-order valence-electron chi connectivity index (χ0n) is 8.26. The Bertz CT molecular complexity index is 321. The lowest BCUT2D eigenvalue weighted by molar-refractivity contribution is 0.101. The van der Waals surface area contributed by atoms with E-state index >= 15 is 0 Å². The third-order valence-corrected chi connectivity index (χ3v) is 1.90. The van der Waals surface area contributed by atoms with Crippen LogP contribution < -0.4 is 10.2 Å². The van der Waals surface area contributed by atoms with Gasteiger partial charge in [0.05, 0.1) is 6.61 Å². The van der Waals surface area contributed by atoms with Gasteiger partial charge >= 0.3 is 0 Å². The van der Waals surface area contributed by atoms with Gasteiger partial charge in [-0.25, -0.2) is 0 Å². The number of rotatable bonds is 3. The molecular weight excluding hydrogens is 163 g/mol. The van der Waals surface area contributed by atoms with Crippen LogP contribution in [0, 0.1) is 0 Å². The summed E-state index contributed by atoms with van der Waals surface area (Å²) in [5, 5.41) is 0. The molecule has 1 aromatic carbocycles. The molecule has 0 saturated heterocycles. The van der Waals surface area contributed by atoms with Crippen molar-refractivity contribution < 1.29 is 9.53 Å². The lowest BCUT2D eigenvalue weighted by Gasteiger charge is -2.06. The smallest absolute Gasteiger partial charge is 0.159 e. The number of ether oxygens (including phenoxy) is 1. The largest absolute Gasteiger partial charge is 0.494 e. The molecule has 1 aromatic rings. The van der Waals surface area contributed by atoms with E-state index in [-0.39, 0.29) is 5.78 Å². The standard InChI is InChI=1S/C10H13BO2/c1-3-13-8-4-5-10(11)9(6-8)7(2)12/h4-6H,3,11H2,1-2H3. The average Bonchev–Trinajstić information content (AvgIpc) is 2.08. The van der Waals surface area contributed by atoms with E-state index in [0.29, 0.717) is 6.61 Å². The van der Waals surface area contributed by atoms with Gasteiger partial charge in [0.1, 0.15) is 13.6 Å². The molecule has 0 aliphatic carbocycles. The van der Waals surface area contributed by atoms with Crippen LogP contribution in [0.1, 0.15) is 24.2 Å². The van der Waals surface area contributed by atoms with Crippen LogP contribution in [0.5, 0.6) is 5.75 Å². The Morgan fingerprint density at radius 3 is 2.77 bits per heavy atom. The van der Waals surface area contributed by atoms with Crippen molar-refractivity contribution in [3.8, 4) is 5.75 Å². The van der Waals surface area contributed by atoms with Crippen molar-refractivity contribution in [3.63, 3.8) is 0 Å². The molecule has 0 radical (unpaired) electrons. The van der Waals surface area contributed by atoms with Crippen LogP contribution in [0.4, 0.5) is 0 Å². The Morgan fingerprint density at radius 1 is 1.54 bits per heavy atom. The third kappa shape index (κ3) is 2.34. The first kappa shape index (κ1) is 9.84. The summed E-state index contributed by atoms with van der Waals surface area (Å²) in [6, 6.07) is 5.58. The van der Waals surface area contributed by atoms with Gasteiger partial charge in [0, 0.05) is 5.56 Å². The first-order chi connectivity index (χ1) is 6.15. The maximum absolute atomic E-state index is 11.2. The molecule has 0 atom stereocenters. The number of benzene rings is 1. The molecule has 13 heavy (non-hydrogen) atoms. The topological polar surface area (TPSA) is 26.3 Å². The van der Waals surface area contributed by atoms with Gasteiger partial charge < -0.3 is 4.74 Å². The van der Waals surface area contributed by atoms with E-state index in [9.17, 15) is 4.79 Å². The molecule has 0 saturated carbocycles. The van der Waals surface area contributed by atoms with Crippen LogP contribution in [0.3, 0.4) is 0 Å². The molecule has 3 heteroatoms. The normalized spacial score (nSPS) is 9.69. The highest BCUT2D eigenvalue weighted by Gasteiger charge is 2.04. The molecule has 0 amide bonds. The SMILES string of the molecule is Bc1ccc(OCC)cc1C(C)=O. The summed E-state index contributed by atoms with van der Waals surface area (Å²) in [6.07, 6.45) is 0. The fourth-order valence-electron chi connectivity index (χ4n) is 1.24. The van der Waals surface area contributed by atoms with Crippen molar-refractivity contribution >= 4 is 19.1 Å². The van der Waals surface area contributed by atoms with E-state index in [1.807, 2.05) is 26.9 Å². The Balaban J connectivity index is 3.04. The van der Waals surface area contributed by atoms with Gasteiger partial charge in [0.15, 0.2) is 5.78 Å². The van der Waals surface area contributed by atoms with Gasteiger partial charge in [-0.3, -0.25) is 4.79 Å². The van der Waals surface area contributed by atoms with E-state index in [0.717, 1.165) is 16.8 Å². The first-order valence-corrected chi connectivity index (χ1v) is 4.39. The van der Waals surface area contributed by atoms with Crippen molar-refractivity contribution in [2.45, 2.75) is 13.8 Å². The number of carbonyl (C=O) groups excluding carboxylic acids is 1. The van der Waals surface area contributed by atoms with Crippen LogP contribution in [-0.4, -0.2) is 20.2 Å². The van der Waals surface area contributed by atoms with E-state index in [2.05, 4.69) is 0 Å². The predicted molar refractivity (Wildman–Crippen MR) is 55.8 cm³/mol. The first-order valence-electron chi connectivity index (χ1n) is 4.39. The van der Waals surface area contributed by atoms with Crippen LogP contribution in [0.15, 0.2) is 18.2 Å². The second-order valence-electron chi connectivity index (χ2n) is 2.97. The highest BCUT2D eigenvalue weighted by molar-refractivity contribution is 6.36. The van der Waals surface area contributed by atoms with Crippen molar-refractivity contribution in [1.82, 2.24) is 0 Å². The average molecular weight is 176 g/mol. The van der Waals surface area contributed by atoms with Crippen molar-refractivity contribution in [2.75, 3.05) is 6.61 Å². The van der Waals surface area contributed by atoms with Crippen LogP contribution in [-0.2, 0) is 0 Å². The molecule has 0 N–H and O–H groups in total. The number of ketones is 1. The lowest BCUT2D eigenvalue weighted by Crippen LogP contribution is -2.13. The molecule has 0 aromatic heterocycles. The van der Waals surface area contributed by atoms with E-state index in [1.165, 1.54) is 0 Å². The molecule has 0 heterocycles. The Kier molecular flexibility index (Phi) is 3.12. The van der Waals surface area contributed by atoms with Gasteiger partial charge in [0.2, 0.25) is 0 Å². The van der Waals surface area contributed by atoms with Crippen molar-refractivity contribution in [2.24, 2.45) is 0 Å².